The minimum atomic E-state index is -0.877. The van der Waals surface area contributed by atoms with E-state index in [1.165, 1.54) is 12.1 Å². The molecule has 0 unspecified atom stereocenters. The minimum absolute atomic E-state index is 0.125. The van der Waals surface area contributed by atoms with Gasteiger partial charge in [0.25, 0.3) is 0 Å². The van der Waals surface area contributed by atoms with Crippen molar-refractivity contribution in [3.63, 3.8) is 0 Å². The Balaban J connectivity index is 1.98. The lowest BCUT2D eigenvalue weighted by Gasteiger charge is -2.30. The molecule has 104 valence electrons. The van der Waals surface area contributed by atoms with Crippen LogP contribution in [-0.4, -0.2) is 20.4 Å². The number of benzene rings is 2. The van der Waals surface area contributed by atoms with Gasteiger partial charge >= 0.3 is 0 Å². The Morgan fingerprint density at radius 1 is 0.950 bits per heavy atom. The van der Waals surface area contributed by atoms with Crippen molar-refractivity contribution in [1.29, 1.82) is 0 Å². The molecule has 0 aromatic heterocycles. The van der Waals surface area contributed by atoms with Gasteiger partial charge in [0.2, 0.25) is 0 Å². The van der Waals surface area contributed by atoms with Gasteiger partial charge in [0, 0.05) is 18.6 Å². The fourth-order valence-electron chi connectivity index (χ4n) is 2.45. The normalized spacial score (nSPS) is 21.1. The second-order valence-electron chi connectivity index (χ2n) is 4.83. The van der Waals surface area contributed by atoms with Gasteiger partial charge in [-0.1, -0.05) is 12.1 Å². The molecule has 2 aromatic carbocycles. The molecule has 0 amide bonds. The van der Waals surface area contributed by atoms with Crippen molar-refractivity contribution in [2.24, 2.45) is 0 Å². The molecule has 4 N–H and O–H groups in total. The first-order valence-electron chi connectivity index (χ1n) is 6.24. The molecular weight excluding hydrogens is 260 g/mol. The maximum absolute atomic E-state index is 10.1. The largest absolute Gasteiger partial charge is 0.508 e. The number of aromatic hydroxyl groups is 3. The average molecular weight is 274 g/mol. The highest BCUT2D eigenvalue weighted by atomic mass is 16.5. The number of hydrogen-bond donors (Lipinski definition) is 4. The van der Waals surface area contributed by atoms with Crippen molar-refractivity contribution < 1.29 is 25.2 Å². The summed E-state index contributed by atoms with van der Waals surface area (Å²) in [5.41, 5.74) is 1.09. The van der Waals surface area contributed by atoms with Gasteiger partial charge in [0.05, 0.1) is 11.7 Å². The summed E-state index contributed by atoms with van der Waals surface area (Å²) in [7, 11) is 0. The lowest BCUT2D eigenvalue weighted by atomic mass is 9.94. The van der Waals surface area contributed by atoms with Crippen LogP contribution in [-0.2, 0) is 0 Å². The maximum atomic E-state index is 10.1. The van der Waals surface area contributed by atoms with Gasteiger partial charge in [-0.25, -0.2) is 0 Å². The standard InChI is InChI=1S/C15H14O5/c16-9-3-1-8(2-4-9)13-7-12(19)15-11(18)5-10(17)6-14(15)20-13/h1-6,12-13,16-19H,7H2/t12-,13+/m0/s1. The van der Waals surface area contributed by atoms with E-state index in [-0.39, 0.29) is 35.0 Å². The van der Waals surface area contributed by atoms with E-state index in [9.17, 15) is 20.4 Å². The summed E-state index contributed by atoms with van der Waals surface area (Å²) < 4.78 is 5.73. The summed E-state index contributed by atoms with van der Waals surface area (Å²) >= 11 is 0. The third-order valence-corrected chi connectivity index (χ3v) is 3.41. The lowest BCUT2D eigenvalue weighted by molar-refractivity contribution is 0.0631. The molecule has 0 bridgehead atoms. The van der Waals surface area contributed by atoms with E-state index in [4.69, 9.17) is 4.74 Å². The van der Waals surface area contributed by atoms with Crippen LogP contribution in [0.2, 0.25) is 0 Å². The summed E-state index contributed by atoms with van der Waals surface area (Å²) in [5, 5.41) is 38.7. The smallest absolute Gasteiger partial charge is 0.133 e. The summed E-state index contributed by atoms with van der Waals surface area (Å²) in [6.07, 6.45) is -0.992. The topological polar surface area (TPSA) is 90.2 Å². The molecule has 0 fully saturated rings. The van der Waals surface area contributed by atoms with E-state index in [0.717, 1.165) is 5.56 Å². The van der Waals surface area contributed by atoms with Crippen molar-refractivity contribution in [1.82, 2.24) is 0 Å². The molecule has 5 heteroatoms. The first-order valence-corrected chi connectivity index (χ1v) is 6.24. The first kappa shape index (κ1) is 12.6. The number of fused-ring (bicyclic) bond motifs is 1. The van der Waals surface area contributed by atoms with Crippen LogP contribution in [0.4, 0.5) is 0 Å². The van der Waals surface area contributed by atoms with Crippen molar-refractivity contribution in [3.8, 4) is 23.0 Å². The molecule has 0 saturated heterocycles. The van der Waals surface area contributed by atoms with E-state index in [2.05, 4.69) is 0 Å². The molecule has 0 radical (unpaired) electrons. The van der Waals surface area contributed by atoms with Crippen LogP contribution in [0.3, 0.4) is 0 Å². The van der Waals surface area contributed by atoms with Gasteiger partial charge in [-0.2, -0.15) is 0 Å². The molecule has 20 heavy (non-hydrogen) atoms. The second kappa shape index (κ2) is 4.61. The summed E-state index contributed by atoms with van der Waals surface area (Å²) in [5.74, 6) is 0.108. The van der Waals surface area contributed by atoms with Crippen LogP contribution in [0.25, 0.3) is 0 Å². The van der Waals surface area contributed by atoms with Crippen LogP contribution in [0.15, 0.2) is 36.4 Å². The fourth-order valence-corrected chi connectivity index (χ4v) is 2.45. The maximum Gasteiger partial charge on any atom is 0.133 e. The van der Waals surface area contributed by atoms with E-state index in [0.29, 0.717) is 0 Å². The van der Waals surface area contributed by atoms with Crippen LogP contribution in [0, 0.1) is 0 Å². The van der Waals surface area contributed by atoms with Crippen molar-refractivity contribution in [3.05, 3.63) is 47.5 Å². The second-order valence-corrected chi connectivity index (χ2v) is 4.83. The highest BCUT2D eigenvalue weighted by Gasteiger charge is 2.31. The van der Waals surface area contributed by atoms with E-state index in [1.807, 2.05) is 0 Å². The van der Waals surface area contributed by atoms with Crippen molar-refractivity contribution >= 4 is 0 Å². The van der Waals surface area contributed by atoms with Gasteiger partial charge < -0.3 is 25.2 Å². The van der Waals surface area contributed by atoms with Crippen molar-refractivity contribution in [2.45, 2.75) is 18.6 Å². The van der Waals surface area contributed by atoms with Gasteiger partial charge in [0.15, 0.2) is 0 Å². The zero-order valence-electron chi connectivity index (χ0n) is 10.5. The molecule has 0 saturated carbocycles. The number of phenols is 3. The predicted octanol–water partition coefficient (Wildman–Crippen LogP) is 2.36. The Labute approximate surface area is 115 Å². The van der Waals surface area contributed by atoms with Gasteiger partial charge in [-0.3, -0.25) is 0 Å². The van der Waals surface area contributed by atoms with E-state index in [1.54, 1.807) is 24.3 Å². The van der Waals surface area contributed by atoms with Gasteiger partial charge in [-0.15, -0.1) is 0 Å². The minimum Gasteiger partial charge on any atom is -0.508 e. The summed E-state index contributed by atoms with van der Waals surface area (Å²) in [6, 6.07) is 9.04. The molecule has 1 aliphatic rings. The molecule has 2 aromatic rings. The monoisotopic (exact) mass is 274 g/mol. The van der Waals surface area contributed by atoms with Crippen LogP contribution >= 0.6 is 0 Å². The first-order chi connectivity index (χ1) is 9.54. The number of aliphatic hydroxyl groups excluding tert-OH is 1. The Morgan fingerprint density at radius 2 is 1.65 bits per heavy atom. The Morgan fingerprint density at radius 3 is 2.35 bits per heavy atom. The van der Waals surface area contributed by atoms with Gasteiger partial charge in [0.1, 0.15) is 29.1 Å². The number of rotatable bonds is 1. The Kier molecular flexibility index (Phi) is 2.91. The van der Waals surface area contributed by atoms with Gasteiger partial charge in [-0.05, 0) is 17.7 Å². The molecule has 2 atom stereocenters. The van der Waals surface area contributed by atoms with E-state index >= 15 is 0 Å². The molecule has 5 nitrogen and oxygen atoms in total. The Hall–Kier alpha value is -2.40. The van der Waals surface area contributed by atoms with Crippen LogP contribution in [0.1, 0.15) is 29.8 Å². The predicted molar refractivity (Wildman–Crippen MR) is 70.8 cm³/mol. The zero-order valence-corrected chi connectivity index (χ0v) is 10.5. The fraction of sp³-hybridized carbons (Fsp3) is 0.200. The number of aliphatic hydroxyl groups is 1. The SMILES string of the molecule is Oc1ccc([C@H]2C[C@H](O)c3c(O)cc(O)cc3O2)cc1. The third-order valence-electron chi connectivity index (χ3n) is 3.41. The van der Waals surface area contributed by atoms with Crippen LogP contribution < -0.4 is 4.74 Å². The molecule has 0 aliphatic carbocycles. The average Bonchev–Trinajstić information content (AvgIpc) is 2.38. The molecule has 1 aliphatic heterocycles. The molecule has 3 rings (SSSR count). The highest BCUT2D eigenvalue weighted by Crippen LogP contribution is 2.46. The third kappa shape index (κ3) is 2.12. The van der Waals surface area contributed by atoms with E-state index < -0.39 is 12.2 Å². The number of phenolic OH excluding ortho intramolecular Hbond substituents is 3. The molecule has 1 heterocycles. The molecular formula is C15H14O5. The lowest BCUT2D eigenvalue weighted by Crippen LogP contribution is -2.19. The Bertz CT molecular complexity index is 635. The summed E-state index contributed by atoms with van der Waals surface area (Å²) in [6.45, 7) is 0. The summed E-state index contributed by atoms with van der Waals surface area (Å²) in [4.78, 5) is 0. The number of hydrogen-bond acceptors (Lipinski definition) is 5. The number of ether oxygens (including phenoxy) is 1. The van der Waals surface area contributed by atoms with Crippen molar-refractivity contribution in [2.75, 3.05) is 0 Å². The highest BCUT2D eigenvalue weighted by molar-refractivity contribution is 5.52. The molecule has 0 spiro atoms. The zero-order chi connectivity index (χ0) is 14.3. The quantitative estimate of drug-likeness (QED) is 0.641. The van der Waals surface area contributed by atoms with Crippen LogP contribution in [0.5, 0.6) is 23.0 Å².